The molecule has 0 saturated heterocycles. The summed E-state index contributed by atoms with van der Waals surface area (Å²) in [5, 5.41) is 3.51. The molecule has 3 rings (SSSR count). The highest BCUT2D eigenvalue weighted by Gasteiger charge is 2.33. The Balaban J connectivity index is 2.07. The monoisotopic (exact) mass is 605 g/mol. The summed E-state index contributed by atoms with van der Waals surface area (Å²) in [6, 6.07) is 19.6. The van der Waals surface area contributed by atoms with E-state index in [2.05, 4.69) is 5.32 Å². The van der Waals surface area contributed by atoms with Crippen LogP contribution >= 0.6 is 23.2 Å². The van der Waals surface area contributed by atoms with Gasteiger partial charge < -0.3 is 15.0 Å². The Morgan fingerprint density at radius 1 is 0.950 bits per heavy atom. The molecular formula is C29H33Cl2N3O5S. The summed E-state index contributed by atoms with van der Waals surface area (Å²) < 4.78 is 31.9. The number of nitrogens with one attached hydrogen (secondary N) is 1. The van der Waals surface area contributed by atoms with Gasteiger partial charge in [-0.3, -0.25) is 13.9 Å². The minimum absolute atomic E-state index is 0.0114. The Kier molecular flexibility index (Phi) is 10.8. The van der Waals surface area contributed by atoms with Crippen LogP contribution in [0.15, 0.2) is 72.8 Å². The van der Waals surface area contributed by atoms with Crippen molar-refractivity contribution in [3.8, 4) is 5.75 Å². The van der Waals surface area contributed by atoms with E-state index in [9.17, 15) is 18.0 Å². The summed E-state index contributed by atoms with van der Waals surface area (Å²) >= 11 is 12.7. The maximum absolute atomic E-state index is 14.1. The Morgan fingerprint density at radius 3 is 2.17 bits per heavy atom. The fourth-order valence-corrected chi connectivity index (χ4v) is 5.46. The topological polar surface area (TPSA) is 96.0 Å². The summed E-state index contributed by atoms with van der Waals surface area (Å²) in [6.45, 7) is 3.09. The summed E-state index contributed by atoms with van der Waals surface area (Å²) in [5.41, 5.74) is 1.64. The predicted octanol–water partition coefficient (Wildman–Crippen LogP) is 4.93. The molecule has 0 heterocycles. The molecule has 0 aromatic heterocycles. The van der Waals surface area contributed by atoms with Crippen LogP contribution in [0.4, 0.5) is 5.69 Å². The zero-order valence-corrected chi connectivity index (χ0v) is 25.1. The minimum Gasteiger partial charge on any atom is -0.495 e. The number of methoxy groups -OCH3 is 1. The van der Waals surface area contributed by atoms with Gasteiger partial charge in [-0.05, 0) is 49.2 Å². The van der Waals surface area contributed by atoms with Crippen LogP contribution in [-0.4, -0.2) is 57.1 Å². The van der Waals surface area contributed by atoms with Gasteiger partial charge in [-0.2, -0.15) is 0 Å². The van der Waals surface area contributed by atoms with E-state index in [1.165, 1.54) is 30.2 Å². The number of sulfonamides is 1. The smallest absolute Gasteiger partial charge is 0.244 e. The van der Waals surface area contributed by atoms with Crippen LogP contribution in [0.1, 0.15) is 25.0 Å². The van der Waals surface area contributed by atoms with E-state index in [1.807, 2.05) is 44.2 Å². The van der Waals surface area contributed by atoms with Crippen molar-refractivity contribution in [2.75, 3.05) is 24.2 Å². The number of anilines is 1. The quantitative estimate of drug-likeness (QED) is 0.316. The summed E-state index contributed by atoms with van der Waals surface area (Å²) in [5.74, 6) is -0.589. The molecule has 3 aromatic rings. The maximum atomic E-state index is 14.1. The van der Waals surface area contributed by atoms with Crippen molar-refractivity contribution in [1.29, 1.82) is 0 Å². The number of hydrogen-bond acceptors (Lipinski definition) is 5. The lowest BCUT2D eigenvalue weighted by Crippen LogP contribution is -2.54. The van der Waals surface area contributed by atoms with E-state index >= 15 is 0 Å². The largest absolute Gasteiger partial charge is 0.495 e. The molecule has 0 aliphatic rings. The lowest BCUT2D eigenvalue weighted by molar-refractivity contribution is -0.140. The number of amides is 2. The minimum atomic E-state index is -3.93. The number of halogens is 2. The van der Waals surface area contributed by atoms with Gasteiger partial charge in [0.15, 0.2) is 0 Å². The van der Waals surface area contributed by atoms with Crippen LogP contribution in [0.3, 0.4) is 0 Å². The summed E-state index contributed by atoms with van der Waals surface area (Å²) in [6.07, 6.45) is 1.21. The second-order valence-corrected chi connectivity index (χ2v) is 12.3. The molecule has 8 nitrogen and oxygen atoms in total. The van der Waals surface area contributed by atoms with Crippen molar-refractivity contribution in [2.24, 2.45) is 0 Å². The molecule has 40 heavy (non-hydrogen) atoms. The second kappa shape index (κ2) is 13.9. The van der Waals surface area contributed by atoms with Crippen LogP contribution in [0, 0.1) is 0 Å². The van der Waals surface area contributed by atoms with Crippen LogP contribution in [0.2, 0.25) is 10.0 Å². The standard InChI is InChI=1S/C29H33Cl2N3O5S/c1-20(2)32-29(36)26(16-21-10-6-5-7-11-21)33(18-22-12-8-9-13-24(22)30)28(35)19-34(40(4,37)38)23-14-15-27(39-3)25(31)17-23/h5-15,17,20,26H,16,18-19H2,1-4H3,(H,32,36)/t26-/m0/s1. The SMILES string of the molecule is COc1ccc(N(CC(=O)N(Cc2ccccc2Cl)[C@@H](Cc2ccccc2)C(=O)NC(C)C)S(C)(=O)=O)cc1Cl. The van der Waals surface area contributed by atoms with Crippen LogP contribution in [0.5, 0.6) is 5.75 Å². The third kappa shape index (κ3) is 8.36. The first kappa shape index (κ1) is 31.3. The number of ether oxygens (including phenoxy) is 1. The van der Waals surface area contributed by atoms with Crippen molar-refractivity contribution in [1.82, 2.24) is 10.2 Å². The fraction of sp³-hybridized carbons (Fsp3) is 0.310. The molecule has 0 aliphatic heterocycles. The lowest BCUT2D eigenvalue weighted by Gasteiger charge is -2.34. The third-order valence-electron chi connectivity index (χ3n) is 6.10. The lowest BCUT2D eigenvalue weighted by atomic mass is 10.0. The molecule has 0 spiro atoms. The average Bonchev–Trinajstić information content (AvgIpc) is 2.89. The van der Waals surface area contributed by atoms with Gasteiger partial charge in [0.05, 0.1) is 24.1 Å². The second-order valence-electron chi connectivity index (χ2n) is 9.57. The van der Waals surface area contributed by atoms with E-state index < -0.39 is 28.5 Å². The Morgan fingerprint density at radius 2 is 1.60 bits per heavy atom. The maximum Gasteiger partial charge on any atom is 0.244 e. The molecule has 2 amide bonds. The first-order valence-electron chi connectivity index (χ1n) is 12.6. The van der Waals surface area contributed by atoms with E-state index in [1.54, 1.807) is 24.3 Å². The molecule has 11 heteroatoms. The van der Waals surface area contributed by atoms with Crippen molar-refractivity contribution in [3.05, 3.63) is 94.0 Å². The van der Waals surface area contributed by atoms with E-state index in [-0.39, 0.29) is 35.6 Å². The van der Waals surface area contributed by atoms with Crippen molar-refractivity contribution in [3.63, 3.8) is 0 Å². The Labute approximate surface area is 245 Å². The highest BCUT2D eigenvalue weighted by atomic mass is 35.5. The Bertz CT molecular complexity index is 1430. The van der Waals surface area contributed by atoms with Gasteiger partial charge in [-0.15, -0.1) is 0 Å². The van der Waals surface area contributed by atoms with Crippen LogP contribution in [0.25, 0.3) is 0 Å². The van der Waals surface area contributed by atoms with E-state index in [4.69, 9.17) is 27.9 Å². The highest BCUT2D eigenvalue weighted by molar-refractivity contribution is 7.92. The van der Waals surface area contributed by atoms with Crippen LogP contribution < -0.4 is 14.4 Å². The zero-order chi connectivity index (χ0) is 29.4. The Hall–Kier alpha value is -3.27. The van der Waals surface area contributed by atoms with Gasteiger partial charge in [-0.1, -0.05) is 71.7 Å². The third-order valence-corrected chi connectivity index (χ3v) is 7.91. The molecule has 0 unspecified atom stereocenters. The van der Waals surface area contributed by atoms with Crippen molar-refractivity contribution >= 4 is 50.7 Å². The highest BCUT2D eigenvalue weighted by Crippen LogP contribution is 2.30. The number of rotatable bonds is 12. The molecule has 214 valence electrons. The fourth-order valence-electron chi connectivity index (χ4n) is 4.17. The number of nitrogens with zero attached hydrogens (tertiary/aromatic N) is 2. The predicted molar refractivity (Wildman–Crippen MR) is 159 cm³/mol. The molecule has 0 aliphatic carbocycles. The average molecular weight is 607 g/mol. The number of benzene rings is 3. The molecule has 3 aromatic carbocycles. The summed E-state index contributed by atoms with van der Waals surface area (Å²) in [7, 11) is -2.48. The molecule has 0 bridgehead atoms. The van der Waals surface area contributed by atoms with Gasteiger partial charge in [-0.25, -0.2) is 8.42 Å². The molecular weight excluding hydrogens is 573 g/mol. The summed E-state index contributed by atoms with van der Waals surface area (Å²) in [4.78, 5) is 29.0. The van der Waals surface area contributed by atoms with Gasteiger partial charge in [0.1, 0.15) is 18.3 Å². The van der Waals surface area contributed by atoms with Gasteiger partial charge in [0.25, 0.3) is 0 Å². The van der Waals surface area contributed by atoms with Crippen molar-refractivity contribution < 1.29 is 22.7 Å². The van der Waals surface area contributed by atoms with Gasteiger partial charge in [0.2, 0.25) is 21.8 Å². The normalized spacial score (nSPS) is 12.1. The number of hydrogen-bond donors (Lipinski definition) is 1. The first-order valence-corrected chi connectivity index (χ1v) is 15.2. The van der Waals surface area contributed by atoms with Crippen LogP contribution in [-0.2, 0) is 32.6 Å². The van der Waals surface area contributed by atoms with Crippen molar-refractivity contribution in [2.45, 2.75) is 38.9 Å². The van der Waals surface area contributed by atoms with Gasteiger partial charge >= 0.3 is 0 Å². The number of carbonyl (C=O) groups is 2. The zero-order valence-electron chi connectivity index (χ0n) is 22.8. The number of carbonyl (C=O) groups excluding carboxylic acids is 2. The molecule has 1 atom stereocenters. The molecule has 0 fully saturated rings. The molecule has 0 saturated carbocycles. The van der Waals surface area contributed by atoms with E-state index in [0.29, 0.717) is 16.3 Å². The van der Waals surface area contributed by atoms with E-state index in [0.717, 1.165) is 16.1 Å². The molecule has 1 N–H and O–H groups in total. The molecule has 0 radical (unpaired) electrons. The first-order chi connectivity index (χ1) is 18.9. The van der Waals surface area contributed by atoms with Gasteiger partial charge in [0, 0.05) is 24.0 Å².